The van der Waals surface area contributed by atoms with Crippen LogP contribution in [-0.4, -0.2) is 16.1 Å². The van der Waals surface area contributed by atoms with Crippen molar-refractivity contribution < 1.29 is 9.90 Å². The first-order valence-electron chi connectivity index (χ1n) is 6.46. The molecule has 0 fully saturated rings. The van der Waals surface area contributed by atoms with E-state index in [0.717, 1.165) is 23.0 Å². The first-order chi connectivity index (χ1) is 9.99. The highest BCUT2D eigenvalue weighted by molar-refractivity contribution is 9.10. The average Bonchev–Trinajstić information content (AvgIpc) is 2.42. The zero-order chi connectivity index (χ0) is 15.4. The normalized spacial score (nSPS) is 10.4. The molecule has 0 aliphatic heterocycles. The van der Waals surface area contributed by atoms with Crippen molar-refractivity contribution >= 4 is 45.0 Å². The van der Waals surface area contributed by atoms with Crippen LogP contribution in [0, 0.1) is 0 Å². The van der Waals surface area contributed by atoms with Crippen molar-refractivity contribution in [1.82, 2.24) is 4.98 Å². The fourth-order valence-electron chi connectivity index (χ4n) is 1.89. The van der Waals surface area contributed by atoms with Gasteiger partial charge in [-0.05, 0) is 36.8 Å². The molecule has 1 heterocycles. The van der Waals surface area contributed by atoms with Gasteiger partial charge in [-0.1, -0.05) is 40.9 Å². The SMILES string of the molecule is CCCc1cc(C(=O)O)cc(Nc2ccc(Br)cc2Cl)n1. The van der Waals surface area contributed by atoms with Crippen LogP contribution in [0.4, 0.5) is 11.5 Å². The standard InChI is InChI=1S/C15H14BrClN2O2/c1-2-3-11-6-9(15(20)21)7-14(18-11)19-13-5-4-10(16)8-12(13)17/h4-8H,2-3H2,1H3,(H,18,19)(H,20,21). The van der Waals surface area contributed by atoms with Gasteiger partial charge in [-0.15, -0.1) is 0 Å². The van der Waals surface area contributed by atoms with Crippen molar-refractivity contribution in [3.05, 3.63) is 51.1 Å². The van der Waals surface area contributed by atoms with Crippen molar-refractivity contribution in [1.29, 1.82) is 0 Å². The van der Waals surface area contributed by atoms with Gasteiger partial charge >= 0.3 is 5.97 Å². The number of nitrogens with one attached hydrogen (secondary N) is 1. The Labute approximate surface area is 136 Å². The third-order valence-corrected chi connectivity index (χ3v) is 3.63. The number of aromatic nitrogens is 1. The van der Waals surface area contributed by atoms with Gasteiger partial charge in [0.25, 0.3) is 0 Å². The van der Waals surface area contributed by atoms with Gasteiger partial charge in [0.15, 0.2) is 0 Å². The molecule has 6 heteroatoms. The number of aryl methyl sites for hydroxylation is 1. The molecule has 0 aliphatic rings. The number of anilines is 2. The summed E-state index contributed by atoms with van der Waals surface area (Å²) < 4.78 is 0.872. The van der Waals surface area contributed by atoms with E-state index >= 15 is 0 Å². The number of carboxylic acid groups (broad SMARTS) is 1. The molecule has 1 aromatic carbocycles. The van der Waals surface area contributed by atoms with Crippen LogP contribution in [0.1, 0.15) is 29.4 Å². The zero-order valence-electron chi connectivity index (χ0n) is 11.4. The summed E-state index contributed by atoms with van der Waals surface area (Å²) in [6.45, 7) is 2.02. The number of benzene rings is 1. The van der Waals surface area contributed by atoms with Crippen LogP contribution in [0.15, 0.2) is 34.8 Å². The number of aromatic carboxylic acids is 1. The summed E-state index contributed by atoms with van der Waals surface area (Å²) in [6.07, 6.45) is 1.62. The highest BCUT2D eigenvalue weighted by Crippen LogP contribution is 2.28. The van der Waals surface area contributed by atoms with E-state index in [0.29, 0.717) is 16.5 Å². The molecule has 0 atom stereocenters. The lowest BCUT2D eigenvalue weighted by Crippen LogP contribution is -2.04. The predicted octanol–water partition coefficient (Wildman–Crippen LogP) is 4.89. The molecule has 1 aromatic heterocycles. The van der Waals surface area contributed by atoms with E-state index in [1.165, 1.54) is 6.07 Å². The molecular weight excluding hydrogens is 356 g/mol. The summed E-state index contributed by atoms with van der Waals surface area (Å²) in [5, 5.41) is 12.8. The minimum Gasteiger partial charge on any atom is -0.478 e. The molecule has 21 heavy (non-hydrogen) atoms. The molecule has 0 radical (unpaired) electrons. The smallest absolute Gasteiger partial charge is 0.335 e. The monoisotopic (exact) mass is 368 g/mol. The fraction of sp³-hybridized carbons (Fsp3) is 0.200. The minimum absolute atomic E-state index is 0.212. The quantitative estimate of drug-likeness (QED) is 0.787. The van der Waals surface area contributed by atoms with Gasteiger partial charge in [0.1, 0.15) is 5.82 Å². The van der Waals surface area contributed by atoms with Crippen molar-refractivity contribution in [2.75, 3.05) is 5.32 Å². The molecule has 0 saturated heterocycles. The van der Waals surface area contributed by atoms with Gasteiger partial charge < -0.3 is 10.4 Å². The molecule has 0 amide bonds. The number of pyridine rings is 1. The molecule has 0 saturated carbocycles. The maximum atomic E-state index is 11.2. The molecule has 0 unspecified atom stereocenters. The van der Waals surface area contributed by atoms with E-state index in [1.807, 2.05) is 13.0 Å². The largest absolute Gasteiger partial charge is 0.478 e. The molecule has 2 N–H and O–H groups in total. The second kappa shape index (κ2) is 6.91. The van der Waals surface area contributed by atoms with Crippen LogP contribution in [0.2, 0.25) is 5.02 Å². The average molecular weight is 370 g/mol. The van der Waals surface area contributed by atoms with E-state index < -0.39 is 5.97 Å². The van der Waals surface area contributed by atoms with Crippen molar-refractivity contribution in [3.63, 3.8) is 0 Å². The summed E-state index contributed by atoms with van der Waals surface area (Å²) in [4.78, 5) is 15.6. The fourth-order valence-corrected chi connectivity index (χ4v) is 2.61. The summed E-state index contributed by atoms with van der Waals surface area (Å²) in [5.74, 6) is -0.498. The van der Waals surface area contributed by atoms with Crippen molar-refractivity contribution in [2.24, 2.45) is 0 Å². The Morgan fingerprint density at radius 3 is 2.76 bits per heavy atom. The second-order valence-electron chi connectivity index (χ2n) is 4.54. The van der Waals surface area contributed by atoms with E-state index in [4.69, 9.17) is 11.6 Å². The molecule has 4 nitrogen and oxygen atoms in total. The van der Waals surface area contributed by atoms with E-state index in [1.54, 1.807) is 18.2 Å². The number of carboxylic acids is 1. The molecule has 0 spiro atoms. The Hall–Kier alpha value is -1.59. The number of hydrogen-bond acceptors (Lipinski definition) is 3. The Balaban J connectivity index is 2.36. The number of halogens is 2. The van der Waals surface area contributed by atoms with Crippen LogP contribution in [0.5, 0.6) is 0 Å². The number of rotatable bonds is 5. The van der Waals surface area contributed by atoms with Gasteiger partial charge in [-0.3, -0.25) is 0 Å². The number of carbonyl (C=O) groups is 1. The lowest BCUT2D eigenvalue weighted by atomic mass is 10.1. The molecule has 0 aliphatic carbocycles. The predicted molar refractivity (Wildman–Crippen MR) is 87.6 cm³/mol. The Morgan fingerprint density at radius 2 is 2.14 bits per heavy atom. The molecular formula is C15H14BrClN2O2. The van der Waals surface area contributed by atoms with Crippen LogP contribution in [0.25, 0.3) is 0 Å². The third kappa shape index (κ3) is 4.19. The number of hydrogen-bond donors (Lipinski definition) is 2. The maximum absolute atomic E-state index is 11.2. The van der Waals surface area contributed by atoms with Crippen LogP contribution >= 0.6 is 27.5 Å². The Bertz CT molecular complexity index is 677. The second-order valence-corrected chi connectivity index (χ2v) is 5.86. The zero-order valence-corrected chi connectivity index (χ0v) is 13.7. The summed E-state index contributed by atoms with van der Waals surface area (Å²) in [5.41, 5.74) is 1.63. The van der Waals surface area contributed by atoms with Crippen LogP contribution < -0.4 is 5.32 Å². The third-order valence-electron chi connectivity index (χ3n) is 2.83. The lowest BCUT2D eigenvalue weighted by Gasteiger charge is -2.10. The van der Waals surface area contributed by atoms with Gasteiger partial charge in [-0.2, -0.15) is 0 Å². The number of nitrogens with zero attached hydrogens (tertiary/aromatic N) is 1. The molecule has 0 bridgehead atoms. The van der Waals surface area contributed by atoms with Gasteiger partial charge in [0.05, 0.1) is 16.3 Å². The molecule has 110 valence electrons. The van der Waals surface area contributed by atoms with E-state index in [9.17, 15) is 9.90 Å². The van der Waals surface area contributed by atoms with E-state index in [-0.39, 0.29) is 5.56 Å². The summed E-state index contributed by atoms with van der Waals surface area (Å²) in [6, 6.07) is 8.52. The first kappa shape index (κ1) is 15.8. The van der Waals surface area contributed by atoms with Crippen LogP contribution in [-0.2, 0) is 6.42 Å². The Morgan fingerprint density at radius 1 is 1.38 bits per heavy atom. The summed E-state index contributed by atoms with van der Waals surface area (Å²) >= 11 is 9.49. The van der Waals surface area contributed by atoms with Gasteiger partial charge in [-0.25, -0.2) is 9.78 Å². The molecule has 2 aromatic rings. The highest BCUT2D eigenvalue weighted by atomic mass is 79.9. The molecule has 2 rings (SSSR count). The highest BCUT2D eigenvalue weighted by Gasteiger charge is 2.10. The van der Waals surface area contributed by atoms with E-state index in [2.05, 4.69) is 26.2 Å². The lowest BCUT2D eigenvalue weighted by molar-refractivity contribution is 0.0696. The first-order valence-corrected chi connectivity index (χ1v) is 7.63. The van der Waals surface area contributed by atoms with Gasteiger partial charge in [0.2, 0.25) is 0 Å². The van der Waals surface area contributed by atoms with Crippen LogP contribution in [0.3, 0.4) is 0 Å². The maximum Gasteiger partial charge on any atom is 0.335 e. The van der Waals surface area contributed by atoms with Gasteiger partial charge in [0, 0.05) is 10.2 Å². The van der Waals surface area contributed by atoms with Crippen molar-refractivity contribution in [2.45, 2.75) is 19.8 Å². The minimum atomic E-state index is -0.972. The topological polar surface area (TPSA) is 62.2 Å². The Kier molecular flexibility index (Phi) is 5.20. The van der Waals surface area contributed by atoms with Crippen molar-refractivity contribution in [3.8, 4) is 0 Å². The summed E-state index contributed by atoms with van der Waals surface area (Å²) in [7, 11) is 0.